The van der Waals surface area contributed by atoms with Gasteiger partial charge in [-0.25, -0.2) is 0 Å². The molecular formula is C11H22N4O2. The summed E-state index contributed by atoms with van der Waals surface area (Å²) in [7, 11) is 3.92. The molecule has 6 heteroatoms. The quantitative estimate of drug-likeness (QED) is 0.673. The number of likely N-dealkylation sites (N-methyl/N-ethyl adjacent to an activating group) is 1. The van der Waals surface area contributed by atoms with Crippen LogP contribution in [0.4, 0.5) is 0 Å². The van der Waals surface area contributed by atoms with Crippen LogP contribution in [0.15, 0.2) is 4.52 Å². The minimum atomic E-state index is -0.200. The summed E-state index contributed by atoms with van der Waals surface area (Å²) in [6, 6.07) is -0.200. The van der Waals surface area contributed by atoms with Gasteiger partial charge in [-0.3, -0.25) is 0 Å². The van der Waals surface area contributed by atoms with Gasteiger partial charge < -0.3 is 19.9 Å². The van der Waals surface area contributed by atoms with Crippen molar-refractivity contribution in [1.82, 2.24) is 15.0 Å². The first kappa shape index (κ1) is 14.1. The molecule has 0 aliphatic rings. The molecule has 0 amide bonds. The average Bonchev–Trinajstić information content (AvgIpc) is 2.72. The van der Waals surface area contributed by atoms with Crippen LogP contribution in [0.3, 0.4) is 0 Å². The number of hydrogen-bond acceptors (Lipinski definition) is 6. The Morgan fingerprint density at radius 3 is 2.88 bits per heavy atom. The monoisotopic (exact) mass is 242 g/mol. The van der Waals surface area contributed by atoms with E-state index in [1.165, 1.54) is 0 Å². The zero-order valence-electron chi connectivity index (χ0n) is 10.8. The molecule has 1 aromatic rings. The first-order chi connectivity index (χ1) is 8.13. The highest BCUT2D eigenvalue weighted by Gasteiger charge is 2.14. The van der Waals surface area contributed by atoms with Crippen LogP contribution in [0.2, 0.25) is 0 Å². The van der Waals surface area contributed by atoms with Gasteiger partial charge in [0.1, 0.15) is 0 Å². The zero-order valence-corrected chi connectivity index (χ0v) is 10.8. The van der Waals surface area contributed by atoms with Gasteiger partial charge >= 0.3 is 0 Å². The maximum atomic E-state index is 5.93. The summed E-state index contributed by atoms with van der Waals surface area (Å²) in [5.41, 5.74) is 5.93. The summed E-state index contributed by atoms with van der Waals surface area (Å²) in [5.74, 6) is 1.21. The number of nitrogens with two attached hydrogens (primary N) is 1. The molecule has 1 rings (SSSR count). The van der Waals surface area contributed by atoms with Gasteiger partial charge in [0.05, 0.1) is 6.04 Å². The normalized spacial score (nSPS) is 13.2. The van der Waals surface area contributed by atoms with Gasteiger partial charge in [0.2, 0.25) is 5.89 Å². The van der Waals surface area contributed by atoms with Crippen molar-refractivity contribution < 1.29 is 9.26 Å². The fourth-order valence-electron chi connectivity index (χ4n) is 1.47. The van der Waals surface area contributed by atoms with Crippen molar-refractivity contribution in [3.05, 3.63) is 11.7 Å². The third-order valence-corrected chi connectivity index (χ3v) is 2.26. The fourth-order valence-corrected chi connectivity index (χ4v) is 1.47. The third-order valence-electron chi connectivity index (χ3n) is 2.26. The van der Waals surface area contributed by atoms with Crippen molar-refractivity contribution >= 4 is 0 Å². The summed E-state index contributed by atoms with van der Waals surface area (Å²) in [6.07, 6.45) is 1.63. The Balaban J connectivity index is 2.36. The van der Waals surface area contributed by atoms with Crippen LogP contribution in [0.1, 0.15) is 31.1 Å². The van der Waals surface area contributed by atoms with E-state index in [-0.39, 0.29) is 6.04 Å². The van der Waals surface area contributed by atoms with Crippen LogP contribution in [0.5, 0.6) is 0 Å². The predicted octanol–water partition coefficient (Wildman–Crippen LogP) is 0.600. The second-order valence-electron chi connectivity index (χ2n) is 4.22. The van der Waals surface area contributed by atoms with Crippen molar-refractivity contribution in [2.45, 2.75) is 25.8 Å². The Labute approximate surface area is 102 Å². The van der Waals surface area contributed by atoms with Crippen LogP contribution < -0.4 is 5.73 Å². The molecule has 0 saturated heterocycles. The van der Waals surface area contributed by atoms with Crippen LogP contribution >= 0.6 is 0 Å². The molecular weight excluding hydrogens is 220 g/mol. The molecule has 0 spiro atoms. The van der Waals surface area contributed by atoms with Crippen LogP contribution in [0.25, 0.3) is 0 Å². The van der Waals surface area contributed by atoms with Crippen molar-refractivity contribution in [1.29, 1.82) is 0 Å². The van der Waals surface area contributed by atoms with Crippen molar-refractivity contribution in [3.8, 4) is 0 Å². The number of nitrogens with zero attached hydrogens (tertiary/aromatic N) is 3. The van der Waals surface area contributed by atoms with Gasteiger partial charge in [-0.05, 0) is 27.4 Å². The molecule has 0 radical (unpaired) electrons. The molecule has 1 atom stereocenters. The molecule has 0 aliphatic heterocycles. The van der Waals surface area contributed by atoms with Crippen LogP contribution in [-0.2, 0) is 11.2 Å². The first-order valence-electron chi connectivity index (χ1n) is 5.94. The molecule has 2 N–H and O–H groups in total. The number of hydrogen-bond donors (Lipinski definition) is 1. The molecule has 98 valence electrons. The Morgan fingerprint density at radius 1 is 1.47 bits per heavy atom. The van der Waals surface area contributed by atoms with E-state index in [2.05, 4.69) is 10.1 Å². The van der Waals surface area contributed by atoms with E-state index in [1.54, 1.807) is 0 Å². The summed E-state index contributed by atoms with van der Waals surface area (Å²) >= 11 is 0. The number of aryl methyl sites for hydroxylation is 1. The lowest BCUT2D eigenvalue weighted by atomic mass is 10.3. The SMILES string of the molecule is CCOCCCc1nc(C(N)CN(C)C)no1. The minimum Gasteiger partial charge on any atom is -0.382 e. The summed E-state index contributed by atoms with van der Waals surface area (Å²) in [6.45, 7) is 4.14. The van der Waals surface area contributed by atoms with Gasteiger partial charge in [-0.1, -0.05) is 5.16 Å². The maximum Gasteiger partial charge on any atom is 0.226 e. The average molecular weight is 242 g/mol. The minimum absolute atomic E-state index is 0.200. The molecule has 0 fully saturated rings. The Bertz CT molecular complexity index is 314. The lowest BCUT2D eigenvalue weighted by molar-refractivity contribution is 0.143. The second-order valence-corrected chi connectivity index (χ2v) is 4.22. The summed E-state index contributed by atoms with van der Waals surface area (Å²) in [5, 5.41) is 3.89. The fraction of sp³-hybridized carbons (Fsp3) is 0.818. The van der Waals surface area contributed by atoms with E-state index >= 15 is 0 Å². The van der Waals surface area contributed by atoms with Crippen LogP contribution in [-0.4, -0.2) is 48.9 Å². The molecule has 6 nitrogen and oxygen atoms in total. The van der Waals surface area contributed by atoms with E-state index in [9.17, 15) is 0 Å². The maximum absolute atomic E-state index is 5.93. The molecule has 0 aromatic carbocycles. The second kappa shape index (κ2) is 7.37. The first-order valence-corrected chi connectivity index (χ1v) is 5.94. The zero-order chi connectivity index (χ0) is 12.7. The topological polar surface area (TPSA) is 77.4 Å². The standard InChI is InChI=1S/C11H22N4O2/c1-4-16-7-5-6-10-13-11(14-17-10)9(12)8-15(2)3/h9H,4-8,12H2,1-3H3. The number of aromatic nitrogens is 2. The molecule has 0 saturated carbocycles. The lowest BCUT2D eigenvalue weighted by Gasteiger charge is -2.12. The molecule has 1 unspecified atom stereocenters. The molecule has 1 aromatic heterocycles. The van der Waals surface area contributed by atoms with Crippen molar-refractivity contribution in [3.63, 3.8) is 0 Å². The smallest absolute Gasteiger partial charge is 0.226 e. The van der Waals surface area contributed by atoms with Gasteiger partial charge in [0.25, 0.3) is 0 Å². The molecule has 0 aliphatic carbocycles. The van der Waals surface area contributed by atoms with Gasteiger partial charge in [-0.15, -0.1) is 0 Å². The number of rotatable bonds is 8. The van der Waals surface area contributed by atoms with Crippen molar-refractivity contribution in [2.75, 3.05) is 33.9 Å². The van der Waals surface area contributed by atoms with E-state index < -0.39 is 0 Å². The number of ether oxygens (including phenoxy) is 1. The molecule has 0 bridgehead atoms. The van der Waals surface area contributed by atoms with Gasteiger partial charge in [0, 0.05) is 26.2 Å². The summed E-state index contributed by atoms with van der Waals surface area (Å²) in [4.78, 5) is 6.27. The van der Waals surface area contributed by atoms with E-state index in [4.69, 9.17) is 15.0 Å². The highest BCUT2D eigenvalue weighted by Crippen LogP contribution is 2.08. The Kier molecular flexibility index (Phi) is 6.10. The van der Waals surface area contributed by atoms with E-state index in [1.807, 2.05) is 25.9 Å². The van der Waals surface area contributed by atoms with E-state index in [0.29, 0.717) is 18.3 Å². The highest BCUT2D eigenvalue weighted by molar-refractivity contribution is 4.93. The Hall–Kier alpha value is -0.980. The van der Waals surface area contributed by atoms with Crippen LogP contribution in [0, 0.1) is 0 Å². The Morgan fingerprint density at radius 2 is 2.24 bits per heavy atom. The largest absolute Gasteiger partial charge is 0.382 e. The van der Waals surface area contributed by atoms with Gasteiger partial charge in [-0.2, -0.15) is 4.98 Å². The van der Waals surface area contributed by atoms with Gasteiger partial charge in [0.15, 0.2) is 5.82 Å². The molecule has 17 heavy (non-hydrogen) atoms. The predicted molar refractivity (Wildman–Crippen MR) is 64.6 cm³/mol. The molecule has 1 heterocycles. The highest BCUT2D eigenvalue weighted by atomic mass is 16.5. The van der Waals surface area contributed by atoms with Crippen molar-refractivity contribution in [2.24, 2.45) is 5.73 Å². The lowest BCUT2D eigenvalue weighted by Crippen LogP contribution is -2.26. The third kappa shape index (κ3) is 5.25. The van der Waals surface area contributed by atoms with E-state index in [0.717, 1.165) is 26.1 Å². The summed E-state index contributed by atoms with van der Waals surface area (Å²) < 4.78 is 10.4.